The van der Waals surface area contributed by atoms with Crippen LogP contribution in [0.5, 0.6) is 0 Å². The van der Waals surface area contributed by atoms with Crippen molar-refractivity contribution in [1.82, 2.24) is 15.1 Å². The molecule has 9 heteroatoms. The molecule has 5 nitrogen and oxygen atoms in total. The van der Waals surface area contributed by atoms with Crippen LogP contribution in [0.4, 0.5) is 17.6 Å². The van der Waals surface area contributed by atoms with Crippen LogP contribution < -0.4 is 0 Å². The van der Waals surface area contributed by atoms with Gasteiger partial charge in [-0.2, -0.15) is 18.3 Å². The summed E-state index contributed by atoms with van der Waals surface area (Å²) in [6, 6.07) is 5.01. The highest BCUT2D eigenvalue weighted by Crippen LogP contribution is 2.30. The van der Waals surface area contributed by atoms with Gasteiger partial charge in [0.1, 0.15) is 11.5 Å². The molecule has 1 aromatic heterocycles. The summed E-state index contributed by atoms with van der Waals surface area (Å²) in [7, 11) is 1.63. The largest absolute Gasteiger partial charge is 0.435 e. The summed E-state index contributed by atoms with van der Waals surface area (Å²) in [6.07, 6.45) is -1.76. The summed E-state index contributed by atoms with van der Waals surface area (Å²) in [5.74, 6) is -1.01. The number of amides is 1. The standard InChI is InChI=1S/C20H23F4N3O2/c1-12-7-13(9-14(21)8-12)11-27(15-3-5-16(29-2)6-4-15)19(28)17-10-18(26-25-17)20(22,23)24/h7-10,15-16H,3-6,11H2,1-2H3,(H,25,26)/t15-,16-. The van der Waals surface area contributed by atoms with Crippen molar-refractivity contribution in [2.45, 2.75) is 57.5 Å². The molecule has 0 unspecified atom stereocenters. The Kier molecular flexibility index (Phi) is 6.26. The molecule has 1 aliphatic rings. The third-order valence-corrected chi connectivity index (χ3v) is 5.23. The van der Waals surface area contributed by atoms with Crippen molar-refractivity contribution in [2.75, 3.05) is 7.11 Å². The van der Waals surface area contributed by atoms with E-state index < -0.39 is 23.6 Å². The highest BCUT2D eigenvalue weighted by Gasteiger charge is 2.36. The first-order valence-electron chi connectivity index (χ1n) is 9.40. The number of nitrogens with one attached hydrogen (secondary N) is 1. The van der Waals surface area contributed by atoms with E-state index in [-0.39, 0.29) is 24.4 Å². The zero-order chi connectivity index (χ0) is 21.2. The van der Waals surface area contributed by atoms with Crippen molar-refractivity contribution in [1.29, 1.82) is 0 Å². The van der Waals surface area contributed by atoms with Crippen LogP contribution in [-0.2, 0) is 17.5 Å². The lowest BCUT2D eigenvalue weighted by Gasteiger charge is -2.36. The molecule has 1 fully saturated rings. The minimum Gasteiger partial charge on any atom is -0.381 e. The molecule has 0 radical (unpaired) electrons. The Hall–Kier alpha value is -2.42. The van der Waals surface area contributed by atoms with E-state index in [0.29, 0.717) is 30.0 Å². The molecule has 0 saturated heterocycles. The van der Waals surface area contributed by atoms with Crippen molar-refractivity contribution in [2.24, 2.45) is 0 Å². The van der Waals surface area contributed by atoms with Crippen molar-refractivity contribution >= 4 is 5.91 Å². The SMILES string of the molecule is CO[C@H]1CC[C@H](N(Cc2cc(C)cc(F)c2)C(=O)c2cc(C(F)(F)F)n[nH]2)CC1. The number of methoxy groups -OCH3 is 1. The average Bonchev–Trinajstić information content (AvgIpc) is 3.16. The molecule has 1 amide bonds. The van der Waals surface area contributed by atoms with Crippen molar-refractivity contribution in [3.63, 3.8) is 0 Å². The third kappa shape index (κ3) is 5.14. The van der Waals surface area contributed by atoms with Crippen LogP contribution in [0.15, 0.2) is 24.3 Å². The second kappa shape index (κ2) is 8.52. The molecule has 29 heavy (non-hydrogen) atoms. The molecule has 1 saturated carbocycles. The number of hydrogen-bond donors (Lipinski definition) is 1. The number of benzene rings is 1. The molecule has 0 aliphatic heterocycles. The van der Waals surface area contributed by atoms with Gasteiger partial charge in [-0.25, -0.2) is 4.39 Å². The highest BCUT2D eigenvalue weighted by atomic mass is 19.4. The van der Waals surface area contributed by atoms with Gasteiger partial charge >= 0.3 is 6.18 Å². The van der Waals surface area contributed by atoms with Crippen molar-refractivity contribution in [3.8, 4) is 0 Å². The van der Waals surface area contributed by atoms with Crippen molar-refractivity contribution in [3.05, 3.63) is 52.6 Å². The predicted octanol–water partition coefficient (Wildman–Crippen LogP) is 4.48. The van der Waals surface area contributed by atoms with E-state index in [2.05, 4.69) is 10.2 Å². The number of aromatic nitrogens is 2. The number of nitrogens with zero attached hydrogens (tertiary/aromatic N) is 2. The maximum atomic E-state index is 13.8. The minimum atomic E-state index is -4.64. The fourth-order valence-electron chi connectivity index (χ4n) is 3.79. The molecule has 1 aliphatic carbocycles. The van der Waals surface area contributed by atoms with Crippen LogP contribution in [0.2, 0.25) is 0 Å². The molecule has 2 aromatic rings. The summed E-state index contributed by atoms with van der Waals surface area (Å²) < 4.78 is 57.8. The molecule has 0 bridgehead atoms. The highest BCUT2D eigenvalue weighted by molar-refractivity contribution is 5.92. The molecule has 0 spiro atoms. The lowest BCUT2D eigenvalue weighted by molar-refractivity contribution is -0.141. The first-order chi connectivity index (χ1) is 13.7. The van der Waals surface area contributed by atoms with Gasteiger partial charge < -0.3 is 9.64 Å². The Morgan fingerprint density at radius 1 is 1.21 bits per heavy atom. The summed E-state index contributed by atoms with van der Waals surface area (Å²) in [5, 5.41) is 5.42. The normalized spacial score (nSPS) is 19.9. The van der Waals surface area contributed by atoms with Crippen LogP contribution in [0.25, 0.3) is 0 Å². The van der Waals surface area contributed by atoms with Gasteiger partial charge in [-0.15, -0.1) is 0 Å². The molecular weight excluding hydrogens is 390 g/mol. The van der Waals surface area contributed by atoms with Crippen LogP contribution in [0.1, 0.15) is 53.0 Å². The van der Waals surface area contributed by atoms with Crippen LogP contribution in [0, 0.1) is 12.7 Å². The van der Waals surface area contributed by atoms with E-state index in [4.69, 9.17) is 4.74 Å². The van der Waals surface area contributed by atoms with Gasteiger partial charge in [-0.1, -0.05) is 6.07 Å². The topological polar surface area (TPSA) is 58.2 Å². The minimum absolute atomic E-state index is 0.0973. The number of halogens is 4. The van der Waals surface area contributed by atoms with E-state index in [1.54, 1.807) is 20.1 Å². The maximum Gasteiger partial charge on any atom is 0.435 e. The Labute approximate surface area is 166 Å². The second-order valence-corrected chi connectivity index (χ2v) is 7.40. The third-order valence-electron chi connectivity index (χ3n) is 5.23. The number of aromatic amines is 1. The van der Waals surface area contributed by atoms with Gasteiger partial charge in [0.25, 0.3) is 5.91 Å². The van der Waals surface area contributed by atoms with Crippen LogP contribution in [0.3, 0.4) is 0 Å². The summed E-state index contributed by atoms with van der Waals surface area (Å²) >= 11 is 0. The van der Waals surface area contributed by atoms with E-state index in [9.17, 15) is 22.4 Å². The van der Waals surface area contributed by atoms with Crippen molar-refractivity contribution < 1.29 is 27.1 Å². The number of alkyl halides is 3. The predicted molar refractivity (Wildman–Crippen MR) is 97.7 cm³/mol. The Morgan fingerprint density at radius 3 is 2.45 bits per heavy atom. The molecule has 3 rings (SSSR count). The zero-order valence-corrected chi connectivity index (χ0v) is 16.2. The fourth-order valence-corrected chi connectivity index (χ4v) is 3.79. The molecular formula is C20H23F4N3O2. The average molecular weight is 413 g/mol. The number of carbonyl (C=O) groups is 1. The Bertz CT molecular complexity index is 837. The van der Waals surface area contributed by atoms with Gasteiger partial charge in [0, 0.05) is 25.8 Å². The number of aryl methyl sites for hydroxylation is 1. The van der Waals surface area contributed by atoms with E-state index in [1.807, 2.05) is 0 Å². The number of ether oxygens (including phenoxy) is 1. The molecule has 1 N–H and O–H groups in total. The Balaban J connectivity index is 1.87. The number of H-pyrrole nitrogens is 1. The molecule has 158 valence electrons. The molecule has 0 atom stereocenters. The lowest BCUT2D eigenvalue weighted by Crippen LogP contribution is -2.43. The number of carbonyl (C=O) groups excluding carboxylic acids is 1. The summed E-state index contributed by atoms with van der Waals surface area (Å²) in [5.41, 5.74) is -0.0959. The lowest BCUT2D eigenvalue weighted by atomic mass is 9.91. The smallest absolute Gasteiger partial charge is 0.381 e. The van der Waals surface area contributed by atoms with Crippen LogP contribution >= 0.6 is 0 Å². The van der Waals surface area contributed by atoms with Gasteiger partial charge in [0.15, 0.2) is 5.69 Å². The summed E-state index contributed by atoms with van der Waals surface area (Å²) in [6.45, 7) is 1.84. The number of hydrogen-bond acceptors (Lipinski definition) is 3. The second-order valence-electron chi connectivity index (χ2n) is 7.40. The van der Waals surface area contributed by atoms with E-state index in [1.165, 1.54) is 17.0 Å². The quantitative estimate of drug-likeness (QED) is 0.736. The monoisotopic (exact) mass is 413 g/mol. The number of rotatable bonds is 5. The van der Waals surface area contributed by atoms with Crippen LogP contribution in [-0.4, -0.2) is 40.3 Å². The first kappa shape index (κ1) is 21.3. The molecule has 1 heterocycles. The van der Waals surface area contributed by atoms with E-state index >= 15 is 0 Å². The van der Waals surface area contributed by atoms with Gasteiger partial charge in [-0.05, 0) is 55.9 Å². The van der Waals surface area contributed by atoms with Gasteiger partial charge in [0.2, 0.25) is 0 Å². The maximum absolute atomic E-state index is 13.8. The summed E-state index contributed by atoms with van der Waals surface area (Å²) in [4.78, 5) is 14.6. The first-order valence-corrected chi connectivity index (χ1v) is 9.40. The fraction of sp³-hybridized carbons (Fsp3) is 0.500. The zero-order valence-electron chi connectivity index (χ0n) is 16.2. The molecule has 1 aromatic carbocycles. The van der Waals surface area contributed by atoms with E-state index in [0.717, 1.165) is 12.8 Å². The van der Waals surface area contributed by atoms with Gasteiger partial charge in [-0.3, -0.25) is 9.89 Å². The van der Waals surface area contributed by atoms with Gasteiger partial charge in [0.05, 0.1) is 6.10 Å². The Morgan fingerprint density at radius 2 is 1.90 bits per heavy atom.